The van der Waals surface area contributed by atoms with Crippen molar-refractivity contribution in [2.24, 2.45) is 12.0 Å². The van der Waals surface area contributed by atoms with Crippen molar-refractivity contribution < 1.29 is 4.74 Å². The zero-order chi connectivity index (χ0) is 16.9. The number of aryl methyl sites for hydroxylation is 2. The van der Waals surface area contributed by atoms with Gasteiger partial charge in [0.2, 0.25) is 0 Å². The first-order chi connectivity index (χ1) is 11.7. The van der Waals surface area contributed by atoms with Gasteiger partial charge in [-0.05, 0) is 24.1 Å². The molecule has 2 heterocycles. The van der Waals surface area contributed by atoms with Gasteiger partial charge in [0.25, 0.3) is 0 Å². The van der Waals surface area contributed by atoms with Crippen LogP contribution in [0.15, 0.2) is 41.5 Å². The summed E-state index contributed by atoms with van der Waals surface area (Å²) in [5.74, 6) is 0.901. The molecule has 25 heavy (non-hydrogen) atoms. The summed E-state index contributed by atoms with van der Waals surface area (Å²) in [6.07, 6.45) is 1.89. The summed E-state index contributed by atoms with van der Waals surface area (Å²) in [6.45, 7) is 5.18. The van der Waals surface area contributed by atoms with E-state index in [2.05, 4.69) is 51.5 Å². The van der Waals surface area contributed by atoms with Crippen LogP contribution in [-0.4, -0.2) is 47.4 Å². The lowest BCUT2D eigenvalue weighted by Gasteiger charge is -2.35. The summed E-state index contributed by atoms with van der Waals surface area (Å²) in [7, 11) is 3.77. The Hall–Kier alpha value is -1.61. The number of ether oxygens (including phenoxy) is 1. The van der Waals surface area contributed by atoms with E-state index in [0.29, 0.717) is 13.2 Å². The predicted molar refractivity (Wildman–Crippen MR) is 110 cm³/mol. The highest BCUT2D eigenvalue weighted by Crippen LogP contribution is 2.24. The van der Waals surface area contributed by atoms with Gasteiger partial charge in [-0.3, -0.25) is 9.67 Å². The Balaban J connectivity index is 0.00000225. The smallest absolute Gasteiger partial charge is 0.194 e. The molecular formula is C18H26IN5O. The van der Waals surface area contributed by atoms with E-state index in [4.69, 9.17) is 4.74 Å². The van der Waals surface area contributed by atoms with Crippen LogP contribution in [0.2, 0.25) is 0 Å². The third-order valence-corrected chi connectivity index (χ3v) is 4.46. The first kappa shape index (κ1) is 19.7. The second-order valence-electron chi connectivity index (χ2n) is 6.01. The van der Waals surface area contributed by atoms with Gasteiger partial charge in [-0.2, -0.15) is 5.10 Å². The Bertz CT molecular complexity index is 715. The van der Waals surface area contributed by atoms with Gasteiger partial charge >= 0.3 is 0 Å². The zero-order valence-corrected chi connectivity index (χ0v) is 17.3. The third-order valence-electron chi connectivity index (χ3n) is 4.46. The molecule has 2 aromatic rings. The van der Waals surface area contributed by atoms with Crippen LogP contribution in [0.3, 0.4) is 0 Å². The van der Waals surface area contributed by atoms with Gasteiger partial charge in [-0.25, -0.2) is 0 Å². The molecule has 1 atom stereocenters. The van der Waals surface area contributed by atoms with Crippen molar-refractivity contribution >= 4 is 29.9 Å². The first-order valence-electron chi connectivity index (χ1n) is 8.28. The van der Waals surface area contributed by atoms with Crippen molar-refractivity contribution in [2.75, 3.05) is 26.7 Å². The van der Waals surface area contributed by atoms with Crippen LogP contribution in [0.4, 0.5) is 0 Å². The predicted octanol–water partition coefficient (Wildman–Crippen LogP) is 2.50. The summed E-state index contributed by atoms with van der Waals surface area (Å²) in [6, 6.07) is 10.4. The second-order valence-corrected chi connectivity index (χ2v) is 6.01. The average molecular weight is 455 g/mol. The monoisotopic (exact) mass is 455 g/mol. The minimum absolute atomic E-state index is 0. The molecule has 7 heteroatoms. The molecule has 1 saturated heterocycles. The van der Waals surface area contributed by atoms with Crippen LogP contribution in [0.5, 0.6) is 0 Å². The summed E-state index contributed by atoms with van der Waals surface area (Å²) in [5, 5.41) is 7.63. The number of hydrogen-bond acceptors (Lipinski definition) is 3. The first-order valence-corrected chi connectivity index (χ1v) is 8.28. The number of hydrogen-bond donors (Lipinski definition) is 1. The molecule has 136 valence electrons. The Labute approximate surface area is 166 Å². The van der Waals surface area contributed by atoms with Crippen molar-refractivity contribution in [2.45, 2.75) is 19.6 Å². The Morgan fingerprint density at radius 1 is 1.36 bits per heavy atom. The summed E-state index contributed by atoms with van der Waals surface area (Å²) < 4.78 is 7.87. The minimum Gasteiger partial charge on any atom is -0.370 e. The lowest BCUT2D eigenvalue weighted by Crippen LogP contribution is -2.48. The van der Waals surface area contributed by atoms with Crippen LogP contribution in [0.25, 0.3) is 0 Å². The maximum atomic E-state index is 6.00. The highest BCUT2D eigenvalue weighted by atomic mass is 127. The highest BCUT2D eigenvalue weighted by Gasteiger charge is 2.25. The maximum absolute atomic E-state index is 6.00. The Morgan fingerprint density at radius 2 is 2.16 bits per heavy atom. The Kier molecular flexibility index (Phi) is 7.24. The number of halogens is 1. The largest absolute Gasteiger partial charge is 0.370 e. The number of morpholine rings is 1. The van der Waals surface area contributed by atoms with E-state index in [1.165, 1.54) is 11.1 Å². The molecule has 0 radical (unpaired) electrons. The number of nitrogens with zero attached hydrogens (tertiary/aromatic N) is 4. The molecule has 0 aliphatic carbocycles. The van der Waals surface area contributed by atoms with Crippen molar-refractivity contribution in [1.82, 2.24) is 20.0 Å². The normalized spacial score (nSPS) is 18.0. The lowest BCUT2D eigenvalue weighted by molar-refractivity contribution is -0.00834. The molecular weight excluding hydrogens is 429 g/mol. The van der Waals surface area contributed by atoms with Crippen LogP contribution < -0.4 is 5.32 Å². The van der Waals surface area contributed by atoms with Crippen LogP contribution in [0, 0.1) is 6.92 Å². The number of aromatic nitrogens is 2. The van der Waals surface area contributed by atoms with Gasteiger partial charge in [0.15, 0.2) is 5.96 Å². The van der Waals surface area contributed by atoms with Crippen molar-refractivity contribution in [3.05, 3.63) is 53.3 Å². The lowest BCUT2D eigenvalue weighted by atomic mass is 10.0. The second kappa shape index (κ2) is 9.19. The SMILES string of the molecule is CN=C(NCc1ccnn1C)N1CCOC(c2ccccc2C)C1.I. The summed E-state index contributed by atoms with van der Waals surface area (Å²) in [5.41, 5.74) is 3.64. The maximum Gasteiger partial charge on any atom is 0.194 e. The van der Waals surface area contributed by atoms with Gasteiger partial charge < -0.3 is 15.0 Å². The van der Waals surface area contributed by atoms with E-state index in [1.54, 1.807) is 0 Å². The number of rotatable bonds is 3. The van der Waals surface area contributed by atoms with E-state index in [0.717, 1.165) is 24.7 Å². The highest BCUT2D eigenvalue weighted by molar-refractivity contribution is 14.0. The minimum atomic E-state index is 0. The molecule has 1 N–H and O–H groups in total. The van der Waals surface area contributed by atoms with E-state index >= 15 is 0 Å². The van der Waals surface area contributed by atoms with E-state index in [-0.39, 0.29) is 30.1 Å². The fourth-order valence-corrected chi connectivity index (χ4v) is 3.05. The van der Waals surface area contributed by atoms with Crippen molar-refractivity contribution in [3.8, 4) is 0 Å². The number of guanidine groups is 1. The van der Waals surface area contributed by atoms with E-state index < -0.39 is 0 Å². The van der Waals surface area contributed by atoms with Crippen LogP contribution in [0.1, 0.15) is 22.9 Å². The molecule has 0 bridgehead atoms. The van der Waals surface area contributed by atoms with Gasteiger partial charge in [-0.15, -0.1) is 24.0 Å². The Morgan fingerprint density at radius 3 is 2.84 bits per heavy atom. The summed E-state index contributed by atoms with van der Waals surface area (Å²) >= 11 is 0. The molecule has 3 rings (SSSR count). The average Bonchev–Trinajstić information content (AvgIpc) is 3.01. The standard InChI is InChI=1S/C18H25N5O.HI/c1-14-6-4-5-7-16(14)17-13-23(10-11-24-17)18(19-2)20-12-15-8-9-21-22(15)3;/h4-9,17H,10-13H2,1-3H3,(H,19,20);1H. The molecule has 1 aromatic carbocycles. The quantitative estimate of drug-likeness (QED) is 0.439. The fourth-order valence-electron chi connectivity index (χ4n) is 3.05. The molecule has 1 aliphatic heterocycles. The molecule has 0 saturated carbocycles. The molecule has 1 unspecified atom stereocenters. The van der Waals surface area contributed by atoms with Gasteiger partial charge in [0.1, 0.15) is 6.10 Å². The van der Waals surface area contributed by atoms with Crippen molar-refractivity contribution in [3.63, 3.8) is 0 Å². The van der Waals surface area contributed by atoms with E-state index in [9.17, 15) is 0 Å². The van der Waals surface area contributed by atoms with Crippen LogP contribution >= 0.6 is 24.0 Å². The summed E-state index contributed by atoms with van der Waals surface area (Å²) in [4.78, 5) is 6.70. The molecule has 1 aromatic heterocycles. The molecule has 6 nitrogen and oxygen atoms in total. The van der Waals surface area contributed by atoms with Crippen molar-refractivity contribution in [1.29, 1.82) is 0 Å². The zero-order valence-electron chi connectivity index (χ0n) is 15.0. The van der Waals surface area contributed by atoms with Crippen LogP contribution in [-0.2, 0) is 18.3 Å². The van der Waals surface area contributed by atoms with E-state index in [1.807, 2.05) is 31.0 Å². The number of aliphatic imine (C=N–C) groups is 1. The number of benzene rings is 1. The molecule has 1 fully saturated rings. The van der Waals surface area contributed by atoms with Gasteiger partial charge in [-0.1, -0.05) is 24.3 Å². The topological polar surface area (TPSA) is 54.7 Å². The van der Waals surface area contributed by atoms with Gasteiger partial charge in [0.05, 0.1) is 25.4 Å². The molecule has 0 amide bonds. The third kappa shape index (κ3) is 4.72. The number of nitrogens with one attached hydrogen (secondary N) is 1. The van der Waals surface area contributed by atoms with Gasteiger partial charge in [0, 0.05) is 26.8 Å². The molecule has 1 aliphatic rings. The fraction of sp³-hybridized carbons (Fsp3) is 0.444. The molecule has 0 spiro atoms.